The second kappa shape index (κ2) is 5.03. The molecule has 0 aliphatic rings. The molecule has 2 aromatic rings. The predicted octanol–water partition coefficient (Wildman–Crippen LogP) is 3.49. The molecule has 3 nitrogen and oxygen atoms in total. The van der Waals surface area contributed by atoms with Gasteiger partial charge in [-0.15, -0.1) is 11.3 Å². The Morgan fingerprint density at radius 2 is 1.94 bits per heavy atom. The molecule has 1 N–H and O–H groups in total. The van der Waals surface area contributed by atoms with Crippen molar-refractivity contribution in [2.75, 3.05) is 5.32 Å². The molecular formula is C14H12N2OS. The molecule has 0 radical (unpaired) electrons. The summed E-state index contributed by atoms with van der Waals surface area (Å²) in [6.07, 6.45) is 0. The zero-order valence-corrected chi connectivity index (χ0v) is 11.0. The lowest BCUT2D eigenvalue weighted by Crippen LogP contribution is -2.11. The van der Waals surface area contributed by atoms with Gasteiger partial charge in [0.2, 0.25) is 0 Å². The minimum atomic E-state index is -0.110. The molecule has 0 saturated carbocycles. The van der Waals surface area contributed by atoms with Crippen molar-refractivity contribution >= 4 is 22.9 Å². The van der Waals surface area contributed by atoms with Crippen molar-refractivity contribution in [3.8, 4) is 6.07 Å². The maximum Gasteiger partial charge on any atom is 0.256 e. The molecule has 1 amide bonds. The van der Waals surface area contributed by atoms with Crippen LogP contribution < -0.4 is 5.32 Å². The zero-order chi connectivity index (χ0) is 13.1. The lowest BCUT2D eigenvalue weighted by atomic mass is 10.2. The van der Waals surface area contributed by atoms with Gasteiger partial charge in [0.1, 0.15) is 0 Å². The molecule has 0 atom stereocenters. The molecule has 0 aliphatic heterocycles. The monoisotopic (exact) mass is 256 g/mol. The molecule has 0 unspecified atom stereocenters. The number of benzene rings is 1. The summed E-state index contributed by atoms with van der Waals surface area (Å²) in [5.41, 5.74) is 1.99. The highest BCUT2D eigenvalue weighted by molar-refractivity contribution is 7.12. The zero-order valence-electron chi connectivity index (χ0n) is 10.2. The highest BCUT2D eigenvalue weighted by atomic mass is 32.1. The van der Waals surface area contributed by atoms with E-state index in [0.29, 0.717) is 16.8 Å². The number of thiophene rings is 1. The van der Waals surface area contributed by atoms with Gasteiger partial charge in [-0.3, -0.25) is 4.79 Å². The van der Waals surface area contributed by atoms with E-state index in [9.17, 15) is 4.79 Å². The number of carbonyl (C=O) groups is 1. The van der Waals surface area contributed by atoms with Crippen LogP contribution in [0.3, 0.4) is 0 Å². The van der Waals surface area contributed by atoms with Gasteiger partial charge < -0.3 is 5.32 Å². The van der Waals surface area contributed by atoms with E-state index in [-0.39, 0.29) is 5.91 Å². The molecule has 18 heavy (non-hydrogen) atoms. The van der Waals surface area contributed by atoms with Crippen LogP contribution >= 0.6 is 11.3 Å². The average Bonchev–Trinajstić information content (AvgIpc) is 2.69. The summed E-state index contributed by atoms with van der Waals surface area (Å²) in [6, 6.07) is 10.7. The third-order valence-electron chi connectivity index (χ3n) is 2.56. The van der Waals surface area contributed by atoms with Gasteiger partial charge in [-0.2, -0.15) is 5.26 Å². The van der Waals surface area contributed by atoms with Gasteiger partial charge in [-0.05, 0) is 44.2 Å². The van der Waals surface area contributed by atoms with Gasteiger partial charge in [0.05, 0.1) is 17.2 Å². The van der Waals surface area contributed by atoms with E-state index in [4.69, 9.17) is 5.26 Å². The number of aryl methyl sites for hydroxylation is 2. The van der Waals surface area contributed by atoms with E-state index >= 15 is 0 Å². The minimum absolute atomic E-state index is 0.110. The Bertz CT molecular complexity index is 620. The quantitative estimate of drug-likeness (QED) is 0.894. The van der Waals surface area contributed by atoms with Crippen molar-refractivity contribution < 1.29 is 4.79 Å². The SMILES string of the molecule is Cc1cc(C(=O)Nc2ccc(C#N)cc2)c(C)s1. The van der Waals surface area contributed by atoms with E-state index in [1.165, 1.54) is 0 Å². The van der Waals surface area contributed by atoms with E-state index in [1.54, 1.807) is 35.6 Å². The maximum absolute atomic E-state index is 12.0. The standard InChI is InChI=1S/C14H12N2OS/c1-9-7-13(10(2)18-9)14(17)16-12-5-3-11(8-15)4-6-12/h3-7H,1-2H3,(H,16,17). The van der Waals surface area contributed by atoms with Crippen molar-refractivity contribution in [3.05, 3.63) is 51.2 Å². The lowest BCUT2D eigenvalue weighted by Gasteiger charge is -2.04. The lowest BCUT2D eigenvalue weighted by molar-refractivity contribution is 0.102. The second-order valence-electron chi connectivity index (χ2n) is 3.97. The van der Waals surface area contributed by atoms with Crippen LogP contribution in [0.2, 0.25) is 0 Å². The number of nitrogens with one attached hydrogen (secondary N) is 1. The normalized spacial score (nSPS) is 9.83. The Kier molecular flexibility index (Phi) is 3.45. The average molecular weight is 256 g/mol. The highest BCUT2D eigenvalue weighted by Crippen LogP contribution is 2.21. The topological polar surface area (TPSA) is 52.9 Å². The molecule has 0 spiro atoms. The Labute approximate surface area is 110 Å². The minimum Gasteiger partial charge on any atom is -0.322 e. The van der Waals surface area contributed by atoms with E-state index < -0.39 is 0 Å². The highest BCUT2D eigenvalue weighted by Gasteiger charge is 2.11. The molecule has 0 bridgehead atoms. The second-order valence-corrected chi connectivity index (χ2v) is 5.43. The van der Waals surface area contributed by atoms with Crippen LogP contribution in [0.4, 0.5) is 5.69 Å². The first-order valence-electron chi connectivity index (χ1n) is 5.48. The Morgan fingerprint density at radius 3 is 2.44 bits per heavy atom. The van der Waals surface area contributed by atoms with E-state index in [0.717, 1.165) is 9.75 Å². The molecule has 90 valence electrons. The van der Waals surface area contributed by atoms with Crippen LogP contribution in [0.15, 0.2) is 30.3 Å². The number of rotatable bonds is 2. The van der Waals surface area contributed by atoms with Gasteiger partial charge in [0.15, 0.2) is 0 Å². The first-order chi connectivity index (χ1) is 8.60. The number of amides is 1. The van der Waals surface area contributed by atoms with Gasteiger partial charge in [0.25, 0.3) is 5.91 Å². The fourth-order valence-electron chi connectivity index (χ4n) is 1.68. The van der Waals surface area contributed by atoms with Crippen LogP contribution in [0.25, 0.3) is 0 Å². The molecule has 0 fully saturated rings. The maximum atomic E-state index is 12.0. The van der Waals surface area contributed by atoms with Crippen LogP contribution in [0.1, 0.15) is 25.7 Å². The predicted molar refractivity (Wildman–Crippen MR) is 72.9 cm³/mol. The Morgan fingerprint density at radius 1 is 1.28 bits per heavy atom. The first-order valence-corrected chi connectivity index (χ1v) is 6.30. The number of carbonyl (C=O) groups excluding carboxylic acids is 1. The van der Waals surface area contributed by atoms with Crippen molar-refractivity contribution in [1.29, 1.82) is 5.26 Å². The van der Waals surface area contributed by atoms with Gasteiger partial charge in [0, 0.05) is 15.4 Å². The Balaban J connectivity index is 2.16. The Hall–Kier alpha value is -2.12. The fraction of sp³-hybridized carbons (Fsp3) is 0.143. The van der Waals surface area contributed by atoms with E-state index in [1.807, 2.05) is 26.0 Å². The van der Waals surface area contributed by atoms with Crippen LogP contribution in [-0.2, 0) is 0 Å². The van der Waals surface area contributed by atoms with Gasteiger partial charge in [-0.25, -0.2) is 0 Å². The number of nitrogens with zero attached hydrogens (tertiary/aromatic N) is 1. The smallest absolute Gasteiger partial charge is 0.256 e. The largest absolute Gasteiger partial charge is 0.322 e. The molecule has 1 aromatic heterocycles. The summed E-state index contributed by atoms with van der Waals surface area (Å²) in [4.78, 5) is 14.2. The van der Waals surface area contributed by atoms with Crippen molar-refractivity contribution in [2.24, 2.45) is 0 Å². The third-order valence-corrected chi connectivity index (χ3v) is 3.52. The molecule has 0 aliphatic carbocycles. The summed E-state index contributed by atoms with van der Waals surface area (Å²) in [6.45, 7) is 3.92. The summed E-state index contributed by atoms with van der Waals surface area (Å²) < 4.78 is 0. The summed E-state index contributed by atoms with van der Waals surface area (Å²) in [5, 5.41) is 11.5. The fourth-order valence-corrected chi connectivity index (χ4v) is 2.60. The molecule has 2 rings (SSSR count). The number of hydrogen-bond donors (Lipinski definition) is 1. The van der Waals surface area contributed by atoms with Crippen LogP contribution in [0.5, 0.6) is 0 Å². The molecule has 1 heterocycles. The molecule has 4 heteroatoms. The van der Waals surface area contributed by atoms with E-state index in [2.05, 4.69) is 5.32 Å². The summed E-state index contributed by atoms with van der Waals surface area (Å²) in [7, 11) is 0. The van der Waals surface area contributed by atoms with Crippen LogP contribution in [-0.4, -0.2) is 5.91 Å². The van der Waals surface area contributed by atoms with Crippen LogP contribution in [0, 0.1) is 25.2 Å². The first kappa shape index (κ1) is 12.3. The number of anilines is 1. The van der Waals surface area contributed by atoms with Crippen molar-refractivity contribution in [1.82, 2.24) is 0 Å². The summed E-state index contributed by atoms with van der Waals surface area (Å²) >= 11 is 1.61. The van der Waals surface area contributed by atoms with Gasteiger partial charge >= 0.3 is 0 Å². The number of nitriles is 1. The van der Waals surface area contributed by atoms with Crippen molar-refractivity contribution in [2.45, 2.75) is 13.8 Å². The van der Waals surface area contributed by atoms with Crippen molar-refractivity contribution in [3.63, 3.8) is 0 Å². The summed E-state index contributed by atoms with van der Waals surface area (Å²) in [5.74, 6) is -0.110. The number of hydrogen-bond acceptors (Lipinski definition) is 3. The third kappa shape index (κ3) is 2.58. The molecular weight excluding hydrogens is 244 g/mol. The molecule has 0 saturated heterocycles. The molecule has 1 aromatic carbocycles. The van der Waals surface area contributed by atoms with Gasteiger partial charge in [-0.1, -0.05) is 0 Å².